The van der Waals surface area contributed by atoms with E-state index in [4.69, 9.17) is 16.0 Å². The van der Waals surface area contributed by atoms with Crippen LogP contribution < -0.4 is 5.32 Å². The highest BCUT2D eigenvalue weighted by molar-refractivity contribution is 6.35. The predicted molar refractivity (Wildman–Crippen MR) is 103 cm³/mol. The number of carbonyl (C=O) groups excluding carboxylic acids is 2. The summed E-state index contributed by atoms with van der Waals surface area (Å²) in [7, 11) is 0. The lowest BCUT2D eigenvalue weighted by Crippen LogP contribution is -2.20. The Hall–Kier alpha value is -3.52. The lowest BCUT2D eigenvalue weighted by atomic mass is 9.93. The van der Waals surface area contributed by atoms with Crippen LogP contribution in [-0.4, -0.2) is 16.9 Å². The van der Waals surface area contributed by atoms with Crippen molar-refractivity contribution >= 4 is 45.4 Å². The molecule has 0 saturated heterocycles. The molecule has 5 nitrogen and oxygen atoms in total. The number of phenols is 1. The van der Waals surface area contributed by atoms with E-state index < -0.39 is 29.3 Å². The van der Waals surface area contributed by atoms with Gasteiger partial charge in [0.25, 0.3) is 11.8 Å². The molecule has 0 spiro atoms. The lowest BCUT2D eigenvalue weighted by molar-refractivity contribution is -0.138. The topological polar surface area (TPSA) is 79.5 Å². The molecule has 0 unspecified atom stereocenters. The van der Waals surface area contributed by atoms with E-state index in [-0.39, 0.29) is 33.1 Å². The monoisotopic (exact) mass is 431 g/mol. The number of phenolic OH excluding ortho intramolecular Hbond substituents is 1. The number of halogens is 4. The van der Waals surface area contributed by atoms with Crippen molar-refractivity contribution in [3.8, 4) is 16.9 Å². The van der Waals surface area contributed by atoms with Crippen LogP contribution in [0.15, 0.2) is 46.9 Å². The van der Waals surface area contributed by atoms with Crippen LogP contribution in [0, 0.1) is 0 Å². The van der Waals surface area contributed by atoms with E-state index >= 15 is 0 Å². The predicted octanol–water partition coefficient (Wildman–Crippen LogP) is 5.51. The Morgan fingerprint density at radius 1 is 0.933 bits per heavy atom. The lowest BCUT2D eigenvalue weighted by Gasteiger charge is -2.09. The van der Waals surface area contributed by atoms with Gasteiger partial charge >= 0.3 is 6.18 Å². The first-order valence-corrected chi connectivity index (χ1v) is 8.98. The number of aromatic hydroxyl groups is 1. The molecule has 2 heterocycles. The number of hydrogen-bond donors (Lipinski definition) is 2. The molecular weight excluding hydrogens is 423 g/mol. The van der Waals surface area contributed by atoms with Gasteiger partial charge in [0, 0.05) is 26.9 Å². The van der Waals surface area contributed by atoms with Gasteiger partial charge in [-0.15, -0.1) is 0 Å². The second-order valence-electron chi connectivity index (χ2n) is 6.78. The fourth-order valence-corrected chi connectivity index (χ4v) is 4.02. The Kier molecular flexibility index (Phi) is 3.70. The fraction of sp³-hybridized carbons (Fsp3) is 0.0476. The van der Waals surface area contributed by atoms with Crippen LogP contribution in [0.1, 0.15) is 26.3 Å². The summed E-state index contributed by atoms with van der Waals surface area (Å²) in [5.74, 6) is -2.38. The van der Waals surface area contributed by atoms with E-state index in [2.05, 4.69) is 5.32 Å². The zero-order valence-electron chi connectivity index (χ0n) is 14.7. The van der Waals surface area contributed by atoms with E-state index in [1.54, 1.807) is 24.3 Å². The maximum absolute atomic E-state index is 13.2. The number of carbonyl (C=O) groups is 2. The first kappa shape index (κ1) is 18.5. The van der Waals surface area contributed by atoms with E-state index in [0.717, 1.165) is 6.07 Å². The van der Waals surface area contributed by atoms with Crippen LogP contribution in [0.25, 0.3) is 33.1 Å². The highest BCUT2D eigenvalue weighted by Crippen LogP contribution is 2.45. The van der Waals surface area contributed by atoms with Crippen LogP contribution in [0.2, 0.25) is 5.02 Å². The Bertz CT molecular complexity index is 1420. The molecule has 1 aliphatic rings. The third-order valence-corrected chi connectivity index (χ3v) is 5.36. The molecule has 0 radical (unpaired) electrons. The highest BCUT2D eigenvalue weighted by Gasteiger charge is 2.37. The van der Waals surface area contributed by atoms with Gasteiger partial charge in [0.2, 0.25) is 0 Å². The number of rotatable bonds is 1. The van der Waals surface area contributed by atoms with Gasteiger partial charge in [0.1, 0.15) is 22.5 Å². The molecule has 0 bridgehead atoms. The second kappa shape index (κ2) is 5.99. The van der Waals surface area contributed by atoms with Crippen LogP contribution in [0.3, 0.4) is 0 Å². The summed E-state index contributed by atoms with van der Waals surface area (Å²) in [4.78, 5) is 25.1. The molecule has 0 fully saturated rings. The van der Waals surface area contributed by atoms with Gasteiger partial charge in [-0.05, 0) is 24.3 Å². The smallest absolute Gasteiger partial charge is 0.420 e. The van der Waals surface area contributed by atoms with Crippen molar-refractivity contribution in [1.29, 1.82) is 0 Å². The zero-order valence-corrected chi connectivity index (χ0v) is 15.5. The summed E-state index contributed by atoms with van der Waals surface area (Å²) in [6, 6.07) is 9.65. The Morgan fingerprint density at radius 2 is 1.63 bits per heavy atom. The van der Waals surface area contributed by atoms with Crippen LogP contribution in [0.4, 0.5) is 13.2 Å². The molecule has 4 aromatic rings. The van der Waals surface area contributed by atoms with Gasteiger partial charge in [-0.1, -0.05) is 29.8 Å². The SMILES string of the molecule is O=C1NC(=O)c2c1c(-c1ccccc1Cl)cc1oc3cc(C(F)(F)F)c(O)cc3c21. The number of hydrogen-bond acceptors (Lipinski definition) is 4. The van der Waals surface area contributed by atoms with E-state index in [9.17, 15) is 27.9 Å². The molecule has 1 aliphatic heterocycles. The molecule has 9 heteroatoms. The quantitative estimate of drug-likeness (QED) is 0.389. The first-order chi connectivity index (χ1) is 14.2. The number of alkyl halides is 3. The number of benzene rings is 3. The van der Waals surface area contributed by atoms with E-state index in [1.165, 1.54) is 6.07 Å². The number of nitrogens with one attached hydrogen (secondary N) is 1. The molecule has 1 aromatic heterocycles. The molecule has 5 rings (SSSR count). The summed E-state index contributed by atoms with van der Waals surface area (Å²) < 4.78 is 45.1. The third-order valence-electron chi connectivity index (χ3n) is 5.03. The van der Waals surface area contributed by atoms with E-state index in [1.807, 2.05) is 0 Å². The van der Waals surface area contributed by atoms with Crippen molar-refractivity contribution in [3.05, 3.63) is 64.2 Å². The van der Waals surface area contributed by atoms with Crippen molar-refractivity contribution in [3.63, 3.8) is 0 Å². The Morgan fingerprint density at radius 3 is 2.33 bits per heavy atom. The summed E-state index contributed by atoms with van der Waals surface area (Å²) in [6.07, 6.45) is -4.80. The summed E-state index contributed by atoms with van der Waals surface area (Å²) in [6.45, 7) is 0. The zero-order chi connectivity index (χ0) is 21.4. The largest absolute Gasteiger partial charge is 0.507 e. The summed E-state index contributed by atoms with van der Waals surface area (Å²) in [5.41, 5.74) is -0.583. The fourth-order valence-electron chi connectivity index (χ4n) is 3.78. The maximum Gasteiger partial charge on any atom is 0.420 e. The van der Waals surface area contributed by atoms with Gasteiger partial charge in [0.05, 0.1) is 11.1 Å². The number of amides is 2. The molecule has 3 aromatic carbocycles. The van der Waals surface area contributed by atoms with Gasteiger partial charge in [-0.3, -0.25) is 14.9 Å². The van der Waals surface area contributed by atoms with Crippen molar-refractivity contribution < 1.29 is 32.3 Å². The van der Waals surface area contributed by atoms with Crippen molar-refractivity contribution in [2.24, 2.45) is 0 Å². The molecule has 0 aliphatic carbocycles. The first-order valence-electron chi connectivity index (χ1n) is 8.61. The number of imide groups is 1. The maximum atomic E-state index is 13.2. The number of furan rings is 1. The molecule has 30 heavy (non-hydrogen) atoms. The molecule has 0 saturated carbocycles. The standard InChI is InChI=1S/C21H9ClF3NO4/c22-12-4-2-1-3-8(12)9-6-15-16(18-17(9)19(28)26-20(18)29)10-5-13(27)11(21(23,24)25)7-14(10)30-15/h1-7,27H,(H,26,28,29). The molecule has 0 atom stereocenters. The minimum Gasteiger partial charge on any atom is -0.507 e. The van der Waals surface area contributed by atoms with Crippen molar-refractivity contribution in [2.75, 3.05) is 0 Å². The average molecular weight is 432 g/mol. The van der Waals surface area contributed by atoms with Crippen LogP contribution in [-0.2, 0) is 6.18 Å². The Balaban J connectivity index is 1.94. The number of fused-ring (bicyclic) bond motifs is 5. The van der Waals surface area contributed by atoms with Crippen LogP contribution in [0.5, 0.6) is 5.75 Å². The highest BCUT2D eigenvalue weighted by atomic mass is 35.5. The second-order valence-corrected chi connectivity index (χ2v) is 7.18. The summed E-state index contributed by atoms with van der Waals surface area (Å²) >= 11 is 6.26. The van der Waals surface area contributed by atoms with Gasteiger partial charge in [-0.2, -0.15) is 13.2 Å². The Labute approximate surface area is 170 Å². The minimum atomic E-state index is -4.80. The molecule has 150 valence electrons. The van der Waals surface area contributed by atoms with E-state index in [0.29, 0.717) is 22.2 Å². The average Bonchev–Trinajstić information content (AvgIpc) is 3.16. The molecule has 2 N–H and O–H groups in total. The van der Waals surface area contributed by atoms with Gasteiger partial charge in [-0.25, -0.2) is 0 Å². The minimum absolute atomic E-state index is 0.0367. The van der Waals surface area contributed by atoms with Gasteiger partial charge in [0.15, 0.2) is 0 Å². The van der Waals surface area contributed by atoms with Crippen LogP contribution >= 0.6 is 11.6 Å². The van der Waals surface area contributed by atoms with Crippen molar-refractivity contribution in [2.45, 2.75) is 6.18 Å². The van der Waals surface area contributed by atoms with Gasteiger partial charge < -0.3 is 9.52 Å². The van der Waals surface area contributed by atoms with Crippen molar-refractivity contribution in [1.82, 2.24) is 5.32 Å². The molecule has 2 amide bonds. The normalized spacial score (nSPS) is 13.9. The third kappa shape index (κ3) is 2.50. The summed E-state index contributed by atoms with van der Waals surface area (Å²) in [5, 5.41) is 12.7. The molecular formula is C21H9ClF3NO4.